The summed E-state index contributed by atoms with van der Waals surface area (Å²) in [6.07, 6.45) is 0.551. The van der Waals surface area contributed by atoms with Gasteiger partial charge in [-0.25, -0.2) is 0 Å². The number of pyridine rings is 1. The zero-order valence-electron chi connectivity index (χ0n) is 10.9. The van der Waals surface area contributed by atoms with Crippen LogP contribution in [-0.4, -0.2) is 20.9 Å². The standard InChI is InChI=1S/C14H11F3N4/c15-14(16,17)13(3-4-13)9-21-8-11(7-20-21)12-10(6-18)2-1-5-19-12/h1-2,5,7-8H,3-4,9H2. The van der Waals surface area contributed by atoms with Crippen molar-refractivity contribution in [2.45, 2.75) is 25.6 Å². The molecule has 1 saturated carbocycles. The van der Waals surface area contributed by atoms with Crippen LogP contribution in [0.5, 0.6) is 0 Å². The van der Waals surface area contributed by atoms with E-state index >= 15 is 0 Å². The van der Waals surface area contributed by atoms with Crippen molar-refractivity contribution in [3.8, 4) is 17.3 Å². The number of halogens is 3. The first-order valence-electron chi connectivity index (χ1n) is 6.40. The fraction of sp³-hybridized carbons (Fsp3) is 0.357. The van der Waals surface area contributed by atoms with Crippen molar-refractivity contribution in [1.82, 2.24) is 14.8 Å². The van der Waals surface area contributed by atoms with Crippen molar-refractivity contribution in [3.05, 3.63) is 36.3 Å². The summed E-state index contributed by atoms with van der Waals surface area (Å²) in [6, 6.07) is 5.25. The molecule has 0 amide bonds. The molecule has 0 spiro atoms. The van der Waals surface area contributed by atoms with Gasteiger partial charge < -0.3 is 0 Å². The maximum atomic E-state index is 12.9. The van der Waals surface area contributed by atoms with Gasteiger partial charge in [0.1, 0.15) is 6.07 Å². The minimum Gasteiger partial charge on any atom is -0.271 e. The van der Waals surface area contributed by atoms with Gasteiger partial charge in [0.25, 0.3) is 0 Å². The molecule has 108 valence electrons. The van der Waals surface area contributed by atoms with Crippen LogP contribution in [0.4, 0.5) is 13.2 Å². The molecule has 1 fully saturated rings. The van der Waals surface area contributed by atoms with Gasteiger partial charge >= 0.3 is 6.18 Å². The zero-order chi connectivity index (χ0) is 15.1. The van der Waals surface area contributed by atoms with Gasteiger partial charge in [-0.3, -0.25) is 9.67 Å². The maximum absolute atomic E-state index is 12.9. The maximum Gasteiger partial charge on any atom is 0.396 e. The van der Waals surface area contributed by atoms with Crippen LogP contribution in [0.25, 0.3) is 11.3 Å². The van der Waals surface area contributed by atoms with E-state index in [2.05, 4.69) is 10.1 Å². The van der Waals surface area contributed by atoms with Crippen molar-refractivity contribution in [1.29, 1.82) is 5.26 Å². The third-order valence-corrected chi connectivity index (χ3v) is 3.75. The number of hydrogen-bond donors (Lipinski definition) is 0. The molecule has 3 rings (SSSR count). The monoisotopic (exact) mass is 292 g/mol. The minimum atomic E-state index is -4.21. The molecule has 1 aliphatic rings. The molecule has 0 saturated heterocycles. The SMILES string of the molecule is N#Cc1cccnc1-c1cnn(CC2(C(F)(F)F)CC2)c1. The summed E-state index contributed by atoms with van der Waals surface area (Å²) in [4.78, 5) is 4.10. The van der Waals surface area contributed by atoms with Crippen LogP contribution in [0.3, 0.4) is 0 Å². The Balaban J connectivity index is 1.87. The number of hydrogen-bond acceptors (Lipinski definition) is 3. The first kappa shape index (κ1) is 13.6. The molecule has 0 N–H and O–H groups in total. The molecule has 2 aromatic rings. The Labute approximate surface area is 118 Å². The quantitative estimate of drug-likeness (QED) is 0.873. The lowest BCUT2D eigenvalue weighted by Gasteiger charge is -2.18. The van der Waals surface area contributed by atoms with Crippen LogP contribution in [0, 0.1) is 16.7 Å². The second-order valence-corrected chi connectivity index (χ2v) is 5.22. The van der Waals surface area contributed by atoms with Crippen molar-refractivity contribution >= 4 is 0 Å². The van der Waals surface area contributed by atoms with E-state index in [0.717, 1.165) is 0 Å². The number of rotatable bonds is 3. The summed E-state index contributed by atoms with van der Waals surface area (Å²) < 4.78 is 40.1. The summed E-state index contributed by atoms with van der Waals surface area (Å²) in [7, 11) is 0. The summed E-state index contributed by atoms with van der Waals surface area (Å²) in [5, 5.41) is 13.0. The zero-order valence-corrected chi connectivity index (χ0v) is 10.9. The first-order chi connectivity index (χ1) is 9.95. The minimum absolute atomic E-state index is 0.138. The van der Waals surface area contributed by atoms with E-state index in [1.165, 1.54) is 23.3 Å². The van der Waals surface area contributed by atoms with Gasteiger partial charge in [0.2, 0.25) is 0 Å². The molecular formula is C14H11F3N4. The number of nitrogens with zero attached hydrogens (tertiary/aromatic N) is 4. The van der Waals surface area contributed by atoms with E-state index in [-0.39, 0.29) is 19.4 Å². The number of alkyl halides is 3. The largest absolute Gasteiger partial charge is 0.396 e. The molecule has 0 aromatic carbocycles. The average Bonchev–Trinajstić information content (AvgIpc) is 3.10. The second-order valence-electron chi connectivity index (χ2n) is 5.22. The highest BCUT2D eigenvalue weighted by Gasteiger charge is 2.63. The van der Waals surface area contributed by atoms with Crippen molar-refractivity contribution in [2.75, 3.05) is 0 Å². The smallest absolute Gasteiger partial charge is 0.271 e. The Hall–Kier alpha value is -2.36. The topological polar surface area (TPSA) is 54.5 Å². The van der Waals surface area contributed by atoms with E-state index in [1.54, 1.807) is 12.1 Å². The van der Waals surface area contributed by atoms with Crippen molar-refractivity contribution in [3.63, 3.8) is 0 Å². The first-order valence-corrected chi connectivity index (χ1v) is 6.40. The van der Waals surface area contributed by atoms with Crippen LogP contribution >= 0.6 is 0 Å². The van der Waals surface area contributed by atoms with Crippen LogP contribution in [0.1, 0.15) is 18.4 Å². The third-order valence-electron chi connectivity index (χ3n) is 3.75. The van der Waals surface area contributed by atoms with E-state index in [0.29, 0.717) is 16.8 Å². The van der Waals surface area contributed by atoms with Crippen LogP contribution < -0.4 is 0 Å². The lowest BCUT2D eigenvalue weighted by atomic mass is 10.1. The molecule has 0 aliphatic heterocycles. The predicted molar refractivity (Wildman–Crippen MR) is 67.9 cm³/mol. The highest BCUT2D eigenvalue weighted by molar-refractivity contribution is 5.64. The Bertz CT molecular complexity index is 707. The second kappa shape index (κ2) is 4.58. The highest BCUT2D eigenvalue weighted by Crippen LogP contribution is 2.58. The van der Waals surface area contributed by atoms with Gasteiger partial charge in [-0.15, -0.1) is 0 Å². The lowest BCUT2D eigenvalue weighted by molar-refractivity contribution is -0.191. The normalized spacial score (nSPS) is 16.5. The van der Waals surface area contributed by atoms with Crippen molar-refractivity contribution < 1.29 is 13.2 Å². The molecule has 1 aliphatic carbocycles. The predicted octanol–water partition coefficient (Wildman–Crippen LogP) is 3.16. The molecular weight excluding hydrogens is 281 g/mol. The van der Waals surface area contributed by atoms with Gasteiger partial charge in [0, 0.05) is 18.0 Å². The fourth-order valence-electron chi connectivity index (χ4n) is 2.29. The van der Waals surface area contributed by atoms with E-state index in [9.17, 15) is 13.2 Å². The molecule has 7 heteroatoms. The molecule has 21 heavy (non-hydrogen) atoms. The van der Waals surface area contributed by atoms with Gasteiger partial charge in [0.15, 0.2) is 0 Å². The van der Waals surface area contributed by atoms with E-state index in [4.69, 9.17) is 5.26 Å². The summed E-state index contributed by atoms with van der Waals surface area (Å²) in [6.45, 7) is -0.189. The van der Waals surface area contributed by atoms with E-state index < -0.39 is 11.6 Å². The van der Waals surface area contributed by atoms with Crippen LogP contribution in [0.2, 0.25) is 0 Å². The number of nitriles is 1. The van der Waals surface area contributed by atoms with Gasteiger partial charge in [0.05, 0.1) is 29.4 Å². The van der Waals surface area contributed by atoms with Crippen LogP contribution in [-0.2, 0) is 6.54 Å². The Morgan fingerprint density at radius 3 is 2.76 bits per heavy atom. The third kappa shape index (κ3) is 2.37. The summed E-state index contributed by atoms with van der Waals surface area (Å²) >= 11 is 0. The average molecular weight is 292 g/mol. The molecule has 0 atom stereocenters. The molecule has 2 heterocycles. The Kier molecular flexibility index (Phi) is 2.97. The lowest BCUT2D eigenvalue weighted by Crippen LogP contribution is -2.29. The van der Waals surface area contributed by atoms with Gasteiger partial charge in [-0.1, -0.05) is 0 Å². The van der Waals surface area contributed by atoms with Crippen molar-refractivity contribution in [2.24, 2.45) is 5.41 Å². The Morgan fingerprint density at radius 1 is 1.38 bits per heavy atom. The molecule has 0 radical (unpaired) electrons. The van der Waals surface area contributed by atoms with E-state index in [1.807, 2.05) is 6.07 Å². The summed E-state index contributed by atoms with van der Waals surface area (Å²) in [5.74, 6) is 0. The van der Waals surface area contributed by atoms with Gasteiger partial charge in [-0.05, 0) is 25.0 Å². The number of aromatic nitrogens is 3. The highest BCUT2D eigenvalue weighted by atomic mass is 19.4. The fourth-order valence-corrected chi connectivity index (χ4v) is 2.29. The molecule has 4 nitrogen and oxygen atoms in total. The summed E-state index contributed by atoms with van der Waals surface area (Å²) in [5.41, 5.74) is -0.291. The Morgan fingerprint density at radius 2 is 2.14 bits per heavy atom. The molecule has 0 bridgehead atoms. The van der Waals surface area contributed by atoms with Crippen LogP contribution in [0.15, 0.2) is 30.7 Å². The molecule has 2 aromatic heterocycles. The van der Waals surface area contributed by atoms with Gasteiger partial charge in [-0.2, -0.15) is 23.5 Å². The molecule has 0 unspecified atom stereocenters.